The Labute approximate surface area is 152 Å². The summed E-state index contributed by atoms with van der Waals surface area (Å²) in [6.45, 7) is 11.2. The predicted molar refractivity (Wildman–Crippen MR) is 104 cm³/mol. The van der Waals surface area contributed by atoms with Gasteiger partial charge in [-0.05, 0) is 38.5 Å². The zero-order valence-electron chi connectivity index (χ0n) is 14.8. The van der Waals surface area contributed by atoms with Crippen molar-refractivity contribution in [3.63, 3.8) is 0 Å². The van der Waals surface area contributed by atoms with Crippen LogP contribution in [0.2, 0.25) is 0 Å². The summed E-state index contributed by atoms with van der Waals surface area (Å²) in [4.78, 5) is 13.5. The molecule has 0 atom stereocenters. The third kappa shape index (κ3) is 4.22. The summed E-state index contributed by atoms with van der Waals surface area (Å²) in [5.74, 6) is -0.0496. The minimum absolute atomic E-state index is 0.0496. The van der Waals surface area contributed by atoms with Crippen molar-refractivity contribution in [1.82, 2.24) is 4.57 Å². The van der Waals surface area contributed by atoms with Crippen molar-refractivity contribution in [2.24, 2.45) is 0 Å². The number of allylic oxidation sites excluding steroid dienone is 1. The van der Waals surface area contributed by atoms with Crippen LogP contribution >= 0.6 is 11.8 Å². The third-order valence-corrected chi connectivity index (χ3v) is 5.04. The normalized spacial score (nSPS) is 11.5. The van der Waals surface area contributed by atoms with Crippen LogP contribution in [0.4, 0.5) is 0 Å². The number of nitriles is 1. The molecule has 0 N–H and O–H groups in total. The number of ether oxygens (including phenoxy) is 1. The average molecular weight is 354 g/mol. The van der Waals surface area contributed by atoms with Crippen molar-refractivity contribution in [1.29, 1.82) is 5.26 Å². The summed E-state index contributed by atoms with van der Waals surface area (Å²) in [6.07, 6.45) is 3.65. The van der Waals surface area contributed by atoms with Gasteiger partial charge < -0.3 is 9.30 Å². The Morgan fingerprint density at radius 2 is 2.20 bits per heavy atom. The Morgan fingerprint density at radius 1 is 1.44 bits per heavy atom. The van der Waals surface area contributed by atoms with Crippen molar-refractivity contribution in [2.75, 3.05) is 13.2 Å². The molecular weight excluding hydrogens is 332 g/mol. The number of ketones is 1. The number of hydrogen-bond acceptors (Lipinski definition) is 4. The first-order chi connectivity index (χ1) is 12.0. The minimum Gasteiger partial charge on any atom is -0.374 e. The number of carbonyl (C=O) groups is 1. The fraction of sp³-hybridized carbons (Fsp3) is 0.300. The quantitative estimate of drug-likeness (QED) is 0.642. The predicted octanol–water partition coefficient (Wildman–Crippen LogP) is 4.75. The van der Waals surface area contributed by atoms with Gasteiger partial charge in [0.25, 0.3) is 0 Å². The smallest absolute Gasteiger partial charge is 0.194 e. The maximum atomic E-state index is 12.2. The molecule has 1 aromatic heterocycles. The summed E-state index contributed by atoms with van der Waals surface area (Å²) in [7, 11) is 0. The van der Waals surface area contributed by atoms with Crippen LogP contribution < -0.4 is 0 Å². The SMILES string of the molecule is C=C(S/C(=C\C)C(=O)COCC)c1ccc2c(c1)c(C#N)cn2CC. The van der Waals surface area contributed by atoms with E-state index in [9.17, 15) is 10.1 Å². The molecule has 2 aromatic rings. The number of Topliss-reactive ketones (excluding diaryl/α,β-unsaturated/α-hetero) is 1. The van der Waals surface area contributed by atoms with E-state index in [0.29, 0.717) is 17.1 Å². The zero-order valence-corrected chi connectivity index (χ0v) is 15.7. The molecule has 0 radical (unpaired) electrons. The lowest BCUT2D eigenvalue weighted by Gasteiger charge is -2.10. The van der Waals surface area contributed by atoms with Crippen LogP contribution in [0.3, 0.4) is 0 Å². The molecule has 1 heterocycles. The van der Waals surface area contributed by atoms with Gasteiger partial charge in [0, 0.05) is 35.2 Å². The maximum absolute atomic E-state index is 12.2. The van der Waals surface area contributed by atoms with Crippen LogP contribution in [-0.2, 0) is 16.1 Å². The molecule has 0 aliphatic heterocycles. The van der Waals surface area contributed by atoms with Gasteiger partial charge in [0.2, 0.25) is 0 Å². The molecule has 0 saturated carbocycles. The Morgan fingerprint density at radius 3 is 2.80 bits per heavy atom. The number of hydrogen-bond donors (Lipinski definition) is 0. The molecule has 0 aliphatic rings. The lowest BCUT2D eigenvalue weighted by molar-refractivity contribution is -0.119. The number of carbonyl (C=O) groups excluding carboxylic acids is 1. The monoisotopic (exact) mass is 354 g/mol. The van der Waals surface area contributed by atoms with Gasteiger partial charge in [-0.25, -0.2) is 0 Å². The first-order valence-electron chi connectivity index (χ1n) is 8.23. The van der Waals surface area contributed by atoms with Crippen LogP contribution in [0.25, 0.3) is 15.8 Å². The number of aromatic nitrogens is 1. The number of fused-ring (bicyclic) bond motifs is 1. The first kappa shape index (κ1) is 19.0. The van der Waals surface area contributed by atoms with E-state index >= 15 is 0 Å². The maximum Gasteiger partial charge on any atom is 0.194 e. The Hall–Kier alpha value is -2.29. The molecule has 0 spiro atoms. The number of nitrogens with zero attached hydrogens (tertiary/aromatic N) is 2. The van der Waals surface area contributed by atoms with E-state index in [2.05, 4.69) is 17.2 Å². The molecule has 130 valence electrons. The van der Waals surface area contributed by atoms with Gasteiger partial charge in [0.05, 0.1) is 10.5 Å². The van der Waals surface area contributed by atoms with E-state index in [4.69, 9.17) is 4.74 Å². The van der Waals surface area contributed by atoms with Crippen molar-refractivity contribution in [3.05, 3.63) is 53.1 Å². The van der Waals surface area contributed by atoms with Gasteiger partial charge in [0.15, 0.2) is 5.78 Å². The molecule has 1 aromatic carbocycles. The third-order valence-electron chi connectivity index (χ3n) is 3.87. The van der Waals surface area contributed by atoms with E-state index in [1.807, 2.05) is 45.2 Å². The van der Waals surface area contributed by atoms with Crippen LogP contribution in [0.15, 0.2) is 42.0 Å². The number of rotatable bonds is 8. The molecule has 4 nitrogen and oxygen atoms in total. The molecule has 0 saturated heterocycles. The van der Waals surface area contributed by atoms with Crippen molar-refractivity contribution < 1.29 is 9.53 Å². The van der Waals surface area contributed by atoms with E-state index in [-0.39, 0.29) is 12.4 Å². The second-order valence-electron chi connectivity index (χ2n) is 5.41. The van der Waals surface area contributed by atoms with Crippen LogP contribution in [-0.4, -0.2) is 23.6 Å². The van der Waals surface area contributed by atoms with Crippen LogP contribution in [0, 0.1) is 11.3 Å². The van der Waals surface area contributed by atoms with Gasteiger partial charge in [-0.15, -0.1) is 0 Å². The summed E-state index contributed by atoms with van der Waals surface area (Å²) >= 11 is 1.34. The molecule has 0 bridgehead atoms. The van der Waals surface area contributed by atoms with Gasteiger partial charge in [-0.3, -0.25) is 4.79 Å². The molecule has 0 aliphatic carbocycles. The Kier molecular flexibility index (Phi) is 6.63. The lowest BCUT2D eigenvalue weighted by atomic mass is 10.1. The molecule has 0 fully saturated rings. The standard InChI is InChI=1S/C20H22N2O2S/c1-5-20(19(23)13-24-7-3)25-14(4)15-8-9-18-17(10-15)16(11-21)12-22(18)6-2/h5,8-10,12H,4,6-7,13H2,1-3H3/b20-5-. The molecular formula is C20H22N2O2S. The van der Waals surface area contributed by atoms with Gasteiger partial charge in [0.1, 0.15) is 12.7 Å². The second kappa shape index (κ2) is 8.70. The summed E-state index contributed by atoms with van der Waals surface area (Å²) in [5, 5.41) is 10.3. The summed E-state index contributed by atoms with van der Waals surface area (Å²) < 4.78 is 7.25. The highest BCUT2D eigenvalue weighted by molar-refractivity contribution is 8.12. The molecule has 5 heteroatoms. The Bertz CT molecular complexity index is 872. The van der Waals surface area contributed by atoms with E-state index < -0.39 is 0 Å². The van der Waals surface area contributed by atoms with Crippen molar-refractivity contribution in [3.8, 4) is 6.07 Å². The highest BCUT2D eigenvalue weighted by Crippen LogP contribution is 2.34. The largest absolute Gasteiger partial charge is 0.374 e. The highest BCUT2D eigenvalue weighted by atomic mass is 32.2. The molecule has 0 amide bonds. The van der Waals surface area contributed by atoms with Gasteiger partial charge in [-0.2, -0.15) is 5.26 Å². The topological polar surface area (TPSA) is 55.0 Å². The minimum atomic E-state index is -0.0496. The lowest BCUT2D eigenvalue weighted by Crippen LogP contribution is -2.09. The average Bonchev–Trinajstić information content (AvgIpc) is 3.00. The van der Waals surface area contributed by atoms with Crippen LogP contribution in [0.1, 0.15) is 31.9 Å². The molecule has 0 unspecified atom stereocenters. The van der Waals surface area contributed by atoms with E-state index in [1.54, 1.807) is 6.08 Å². The van der Waals surface area contributed by atoms with Gasteiger partial charge >= 0.3 is 0 Å². The van der Waals surface area contributed by atoms with E-state index in [0.717, 1.165) is 27.9 Å². The number of benzene rings is 1. The number of thioether (sulfide) groups is 1. The van der Waals surface area contributed by atoms with E-state index in [1.165, 1.54) is 11.8 Å². The Balaban J connectivity index is 2.27. The summed E-state index contributed by atoms with van der Waals surface area (Å²) in [5.41, 5.74) is 2.58. The molecule has 2 rings (SSSR count). The molecule has 25 heavy (non-hydrogen) atoms. The number of aryl methyl sites for hydroxylation is 1. The highest BCUT2D eigenvalue weighted by Gasteiger charge is 2.14. The van der Waals surface area contributed by atoms with Crippen LogP contribution in [0.5, 0.6) is 0 Å². The fourth-order valence-electron chi connectivity index (χ4n) is 2.56. The zero-order chi connectivity index (χ0) is 18.4. The first-order valence-corrected chi connectivity index (χ1v) is 9.04. The fourth-order valence-corrected chi connectivity index (χ4v) is 3.36. The van der Waals surface area contributed by atoms with Crippen molar-refractivity contribution in [2.45, 2.75) is 27.3 Å². The van der Waals surface area contributed by atoms with Crippen molar-refractivity contribution >= 4 is 33.4 Å². The van der Waals surface area contributed by atoms with Gasteiger partial charge in [-0.1, -0.05) is 30.5 Å². The second-order valence-corrected chi connectivity index (χ2v) is 6.55. The summed E-state index contributed by atoms with van der Waals surface area (Å²) in [6, 6.07) is 8.19.